The van der Waals surface area contributed by atoms with E-state index in [-0.39, 0.29) is 12.5 Å². The molecule has 0 aliphatic carbocycles. The lowest BCUT2D eigenvalue weighted by molar-refractivity contribution is 0.102. The highest BCUT2D eigenvalue weighted by molar-refractivity contribution is 6.06. The molecule has 0 radical (unpaired) electrons. The van der Waals surface area contributed by atoms with Gasteiger partial charge >= 0.3 is 0 Å². The first-order valence-corrected chi connectivity index (χ1v) is 10.8. The van der Waals surface area contributed by atoms with Crippen molar-refractivity contribution in [2.75, 3.05) is 32.8 Å². The summed E-state index contributed by atoms with van der Waals surface area (Å²) >= 11 is 0. The summed E-state index contributed by atoms with van der Waals surface area (Å²) in [5.41, 5.74) is 3.73. The molecule has 2 aromatic carbocycles. The van der Waals surface area contributed by atoms with Crippen LogP contribution in [0.25, 0.3) is 5.65 Å². The highest BCUT2D eigenvalue weighted by Crippen LogP contribution is 2.31. The number of hydrogen-bond acceptors (Lipinski definition) is 6. The van der Waals surface area contributed by atoms with Crippen molar-refractivity contribution in [3.05, 3.63) is 83.8 Å². The predicted molar refractivity (Wildman–Crippen MR) is 129 cm³/mol. The number of ether oxygens (including phenoxy) is 4. The van der Waals surface area contributed by atoms with E-state index in [4.69, 9.17) is 18.9 Å². The van der Waals surface area contributed by atoms with Crippen LogP contribution in [0, 0.1) is 6.92 Å². The molecule has 0 fully saturated rings. The maximum atomic E-state index is 13.1. The highest BCUT2D eigenvalue weighted by atomic mass is 16.5. The number of rotatable bonds is 10. The van der Waals surface area contributed by atoms with E-state index in [1.54, 1.807) is 50.6 Å². The zero-order chi connectivity index (χ0) is 23.9. The summed E-state index contributed by atoms with van der Waals surface area (Å²) in [7, 11) is 3.17. The SMILES string of the molecule is COCCOc1cc(NC(=O)c2ccccc2OCc2cn3cccc(C)c3n2)ccc1OC. The summed E-state index contributed by atoms with van der Waals surface area (Å²) in [6.45, 7) is 3.06. The summed E-state index contributed by atoms with van der Waals surface area (Å²) in [5, 5.41) is 2.90. The van der Waals surface area contributed by atoms with E-state index in [1.807, 2.05) is 41.9 Å². The van der Waals surface area contributed by atoms with Gasteiger partial charge in [-0.15, -0.1) is 0 Å². The maximum absolute atomic E-state index is 13.1. The lowest BCUT2D eigenvalue weighted by atomic mass is 10.1. The molecule has 4 rings (SSSR count). The molecule has 176 valence electrons. The molecular formula is C26H27N3O5. The number of pyridine rings is 1. The first-order chi connectivity index (χ1) is 16.6. The quantitative estimate of drug-likeness (QED) is 0.350. The number of hydrogen-bond donors (Lipinski definition) is 1. The second-order valence-corrected chi connectivity index (χ2v) is 7.60. The van der Waals surface area contributed by atoms with Crippen LogP contribution in [0.4, 0.5) is 5.69 Å². The molecule has 8 heteroatoms. The number of fused-ring (bicyclic) bond motifs is 1. The number of aromatic nitrogens is 2. The zero-order valence-corrected chi connectivity index (χ0v) is 19.4. The van der Waals surface area contributed by atoms with Crippen LogP contribution in [0.15, 0.2) is 67.0 Å². The molecule has 0 aliphatic rings. The number of amides is 1. The fourth-order valence-corrected chi connectivity index (χ4v) is 3.51. The summed E-state index contributed by atoms with van der Waals surface area (Å²) < 4.78 is 24.0. The first-order valence-electron chi connectivity index (χ1n) is 10.8. The largest absolute Gasteiger partial charge is 0.493 e. The number of nitrogens with one attached hydrogen (secondary N) is 1. The van der Waals surface area contributed by atoms with Crippen LogP contribution in [-0.4, -0.2) is 42.7 Å². The number of carbonyl (C=O) groups is 1. The zero-order valence-electron chi connectivity index (χ0n) is 19.4. The van der Waals surface area contributed by atoms with Crippen molar-refractivity contribution >= 4 is 17.2 Å². The van der Waals surface area contributed by atoms with Crippen LogP contribution < -0.4 is 19.5 Å². The van der Waals surface area contributed by atoms with E-state index < -0.39 is 0 Å². The number of anilines is 1. The lowest BCUT2D eigenvalue weighted by Gasteiger charge is -2.14. The van der Waals surface area contributed by atoms with E-state index in [2.05, 4.69) is 10.3 Å². The van der Waals surface area contributed by atoms with Gasteiger partial charge in [-0.1, -0.05) is 18.2 Å². The summed E-state index contributed by atoms with van der Waals surface area (Å²) in [4.78, 5) is 17.7. The van der Waals surface area contributed by atoms with Crippen LogP contribution in [0.5, 0.6) is 17.2 Å². The number of benzene rings is 2. The Morgan fingerprint density at radius 1 is 0.971 bits per heavy atom. The van der Waals surface area contributed by atoms with Crippen molar-refractivity contribution in [3.8, 4) is 17.2 Å². The van der Waals surface area contributed by atoms with Crippen LogP contribution in [0.3, 0.4) is 0 Å². The Balaban J connectivity index is 1.48. The lowest BCUT2D eigenvalue weighted by Crippen LogP contribution is -2.14. The maximum Gasteiger partial charge on any atom is 0.259 e. The number of aryl methyl sites for hydroxylation is 1. The van der Waals surface area contributed by atoms with Gasteiger partial charge in [0, 0.05) is 31.3 Å². The number of methoxy groups -OCH3 is 2. The van der Waals surface area contributed by atoms with Gasteiger partial charge < -0.3 is 28.7 Å². The van der Waals surface area contributed by atoms with Gasteiger partial charge in [-0.3, -0.25) is 4.79 Å². The smallest absolute Gasteiger partial charge is 0.259 e. The van der Waals surface area contributed by atoms with E-state index >= 15 is 0 Å². The van der Waals surface area contributed by atoms with E-state index in [1.165, 1.54) is 0 Å². The van der Waals surface area contributed by atoms with Gasteiger partial charge in [0.25, 0.3) is 5.91 Å². The normalized spacial score (nSPS) is 10.8. The Bertz CT molecular complexity index is 1280. The van der Waals surface area contributed by atoms with Crippen LogP contribution >= 0.6 is 0 Å². The van der Waals surface area contributed by atoms with Crippen molar-refractivity contribution < 1.29 is 23.7 Å². The van der Waals surface area contributed by atoms with E-state index in [0.717, 1.165) is 16.9 Å². The van der Waals surface area contributed by atoms with Crippen molar-refractivity contribution in [2.45, 2.75) is 13.5 Å². The molecule has 0 atom stereocenters. The average molecular weight is 462 g/mol. The third kappa shape index (κ3) is 5.29. The Hall–Kier alpha value is -4.04. The molecule has 0 spiro atoms. The van der Waals surface area contributed by atoms with Gasteiger partial charge in [0.1, 0.15) is 24.6 Å². The Morgan fingerprint density at radius 3 is 2.62 bits per heavy atom. The molecular weight excluding hydrogens is 434 g/mol. The van der Waals surface area contributed by atoms with Gasteiger partial charge in [0.15, 0.2) is 11.5 Å². The fourth-order valence-electron chi connectivity index (χ4n) is 3.51. The third-order valence-corrected chi connectivity index (χ3v) is 5.20. The summed E-state index contributed by atoms with van der Waals surface area (Å²) in [5.74, 6) is 1.26. The molecule has 8 nitrogen and oxygen atoms in total. The first kappa shape index (κ1) is 23.1. The molecule has 0 bridgehead atoms. The number of nitrogens with zero attached hydrogens (tertiary/aromatic N) is 2. The number of imidazole rings is 1. The van der Waals surface area contributed by atoms with Crippen LogP contribution in [0.2, 0.25) is 0 Å². The molecule has 2 heterocycles. The number of carbonyl (C=O) groups excluding carboxylic acids is 1. The topological polar surface area (TPSA) is 83.3 Å². The Morgan fingerprint density at radius 2 is 1.82 bits per heavy atom. The molecule has 1 amide bonds. The molecule has 0 saturated heterocycles. The van der Waals surface area contributed by atoms with Crippen molar-refractivity contribution in [3.63, 3.8) is 0 Å². The van der Waals surface area contributed by atoms with E-state index in [9.17, 15) is 4.79 Å². The monoisotopic (exact) mass is 461 g/mol. The Kier molecular flexibility index (Phi) is 7.29. The van der Waals surface area contributed by atoms with Crippen LogP contribution in [0.1, 0.15) is 21.6 Å². The van der Waals surface area contributed by atoms with Crippen molar-refractivity contribution in [1.29, 1.82) is 0 Å². The standard InChI is InChI=1S/C26H27N3O5/c1-18-7-6-12-29-16-20(27-25(18)29)17-34-22-9-5-4-8-21(22)26(30)28-19-10-11-23(32-3)24(15-19)33-14-13-31-2/h4-12,15-16H,13-14,17H2,1-3H3,(H,28,30). The predicted octanol–water partition coefficient (Wildman–Crippen LogP) is 4.51. The molecule has 1 N–H and O–H groups in total. The van der Waals surface area contributed by atoms with Gasteiger partial charge in [-0.25, -0.2) is 4.98 Å². The summed E-state index contributed by atoms with van der Waals surface area (Å²) in [6.07, 6.45) is 3.87. The minimum atomic E-state index is -0.297. The highest BCUT2D eigenvalue weighted by Gasteiger charge is 2.15. The Labute approximate surface area is 198 Å². The van der Waals surface area contributed by atoms with Crippen LogP contribution in [-0.2, 0) is 11.3 Å². The molecule has 4 aromatic rings. The van der Waals surface area contributed by atoms with Gasteiger partial charge in [-0.05, 0) is 42.8 Å². The fraction of sp³-hybridized carbons (Fsp3) is 0.231. The van der Waals surface area contributed by atoms with E-state index in [0.29, 0.717) is 41.7 Å². The molecule has 0 unspecified atom stereocenters. The van der Waals surface area contributed by atoms with Gasteiger partial charge in [0.2, 0.25) is 0 Å². The summed E-state index contributed by atoms with van der Waals surface area (Å²) in [6, 6.07) is 16.3. The molecule has 0 saturated carbocycles. The van der Waals surface area contributed by atoms with Gasteiger partial charge in [-0.2, -0.15) is 0 Å². The second-order valence-electron chi connectivity index (χ2n) is 7.60. The second kappa shape index (κ2) is 10.7. The molecule has 34 heavy (non-hydrogen) atoms. The molecule has 0 aliphatic heterocycles. The third-order valence-electron chi connectivity index (χ3n) is 5.20. The molecule has 2 aromatic heterocycles. The minimum Gasteiger partial charge on any atom is -0.493 e. The van der Waals surface area contributed by atoms with Crippen molar-refractivity contribution in [2.24, 2.45) is 0 Å². The number of para-hydroxylation sites is 1. The van der Waals surface area contributed by atoms with Crippen molar-refractivity contribution in [1.82, 2.24) is 9.38 Å². The van der Waals surface area contributed by atoms with Gasteiger partial charge in [0.05, 0.1) is 25.0 Å². The minimum absolute atomic E-state index is 0.242. The average Bonchev–Trinajstić information content (AvgIpc) is 3.28.